The number of carbonyl (C=O) groups is 2. The lowest BCUT2D eigenvalue weighted by Crippen LogP contribution is -2.50. The van der Waals surface area contributed by atoms with Crippen LogP contribution in [0.25, 0.3) is 10.4 Å². The molecule has 0 bridgehead atoms. The van der Waals surface area contributed by atoms with Gasteiger partial charge < -0.3 is 15.4 Å². The van der Waals surface area contributed by atoms with Crippen LogP contribution in [-0.4, -0.2) is 42.5 Å². The second-order valence-electron chi connectivity index (χ2n) is 5.64. The van der Waals surface area contributed by atoms with Gasteiger partial charge in [0.1, 0.15) is 5.82 Å². The van der Waals surface area contributed by atoms with Crippen LogP contribution in [0.2, 0.25) is 0 Å². The molecule has 2 N–H and O–H groups in total. The first-order valence-electron chi connectivity index (χ1n) is 7.52. The standard InChI is InChI=1S/C17H17FN2O3S/c1-10-8-14(24-15(10)11-2-4-12(18)5-3-11)17(22)20-6-7-23-13(9-20)16(19)21/h2-5,8,13H,6-7,9H2,1H3,(H2,19,21). The van der Waals surface area contributed by atoms with E-state index in [1.165, 1.54) is 23.5 Å². The van der Waals surface area contributed by atoms with Gasteiger partial charge in [-0.05, 0) is 36.2 Å². The first kappa shape index (κ1) is 16.6. The minimum atomic E-state index is -0.764. The van der Waals surface area contributed by atoms with Gasteiger partial charge in [0.15, 0.2) is 6.10 Å². The van der Waals surface area contributed by atoms with E-state index in [2.05, 4.69) is 0 Å². The van der Waals surface area contributed by atoms with Gasteiger partial charge in [0.05, 0.1) is 18.0 Å². The quantitative estimate of drug-likeness (QED) is 0.924. The van der Waals surface area contributed by atoms with Gasteiger partial charge >= 0.3 is 0 Å². The molecule has 0 radical (unpaired) electrons. The molecule has 1 saturated heterocycles. The number of primary amides is 1. The van der Waals surface area contributed by atoms with Gasteiger partial charge in [-0.25, -0.2) is 4.39 Å². The Hall–Kier alpha value is -2.25. The van der Waals surface area contributed by atoms with Crippen molar-refractivity contribution in [3.63, 3.8) is 0 Å². The molecule has 5 nitrogen and oxygen atoms in total. The fourth-order valence-electron chi connectivity index (χ4n) is 2.64. The predicted octanol–water partition coefficient (Wildman–Crippen LogP) is 2.19. The van der Waals surface area contributed by atoms with Crippen LogP contribution in [0.3, 0.4) is 0 Å². The molecule has 24 heavy (non-hydrogen) atoms. The molecule has 2 heterocycles. The van der Waals surface area contributed by atoms with Gasteiger partial charge in [0.25, 0.3) is 5.91 Å². The molecule has 2 amide bonds. The van der Waals surface area contributed by atoms with E-state index in [9.17, 15) is 14.0 Å². The molecule has 1 aliphatic heterocycles. The Kier molecular flexibility index (Phi) is 4.64. The summed E-state index contributed by atoms with van der Waals surface area (Å²) >= 11 is 1.36. The number of hydrogen-bond acceptors (Lipinski definition) is 4. The molecule has 1 aromatic carbocycles. The highest BCUT2D eigenvalue weighted by Gasteiger charge is 2.29. The van der Waals surface area contributed by atoms with Crippen LogP contribution in [0.4, 0.5) is 4.39 Å². The first-order chi connectivity index (χ1) is 11.5. The Morgan fingerprint density at radius 2 is 2.04 bits per heavy atom. The maximum absolute atomic E-state index is 13.1. The lowest BCUT2D eigenvalue weighted by atomic mass is 10.1. The Morgan fingerprint density at radius 1 is 1.33 bits per heavy atom. The summed E-state index contributed by atoms with van der Waals surface area (Å²) in [4.78, 5) is 27.0. The Morgan fingerprint density at radius 3 is 2.71 bits per heavy atom. The maximum atomic E-state index is 13.1. The van der Waals surface area contributed by atoms with E-state index < -0.39 is 12.0 Å². The van der Waals surface area contributed by atoms with Crippen LogP contribution in [0, 0.1) is 12.7 Å². The van der Waals surface area contributed by atoms with Crippen molar-refractivity contribution in [3.8, 4) is 10.4 Å². The van der Waals surface area contributed by atoms with Crippen LogP contribution in [-0.2, 0) is 9.53 Å². The number of nitrogens with two attached hydrogens (primary N) is 1. The normalized spacial score (nSPS) is 17.8. The minimum absolute atomic E-state index is 0.147. The van der Waals surface area contributed by atoms with E-state index in [4.69, 9.17) is 10.5 Å². The lowest BCUT2D eigenvalue weighted by Gasteiger charge is -2.31. The number of hydrogen-bond donors (Lipinski definition) is 1. The second-order valence-corrected chi connectivity index (χ2v) is 6.69. The van der Waals surface area contributed by atoms with Gasteiger partial charge in [-0.3, -0.25) is 9.59 Å². The van der Waals surface area contributed by atoms with E-state index in [0.717, 1.165) is 16.0 Å². The number of ether oxygens (including phenoxy) is 1. The van der Waals surface area contributed by atoms with Gasteiger partial charge in [-0.15, -0.1) is 11.3 Å². The number of nitrogens with zero attached hydrogens (tertiary/aromatic N) is 1. The molecular weight excluding hydrogens is 331 g/mol. The summed E-state index contributed by atoms with van der Waals surface area (Å²) in [5.41, 5.74) is 7.08. The molecule has 0 saturated carbocycles. The molecule has 7 heteroatoms. The minimum Gasteiger partial charge on any atom is -0.367 e. The molecule has 3 rings (SSSR count). The number of thiophene rings is 1. The number of amides is 2. The molecular formula is C17H17FN2O3S. The van der Waals surface area contributed by atoms with Crippen molar-refractivity contribution >= 4 is 23.2 Å². The summed E-state index contributed by atoms with van der Waals surface area (Å²) in [7, 11) is 0. The summed E-state index contributed by atoms with van der Waals surface area (Å²) in [6.07, 6.45) is -0.764. The topological polar surface area (TPSA) is 72.6 Å². The summed E-state index contributed by atoms with van der Waals surface area (Å²) in [5, 5.41) is 0. The molecule has 126 valence electrons. The largest absolute Gasteiger partial charge is 0.367 e. The fraction of sp³-hybridized carbons (Fsp3) is 0.294. The van der Waals surface area contributed by atoms with Crippen molar-refractivity contribution in [1.29, 1.82) is 0 Å². The molecule has 0 aliphatic carbocycles. The Balaban J connectivity index is 1.82. The van der Waals surface area contributed by atoms with Gasteiger partial charge in [0, 0.05) is 11.4 Å². The van der Waals surface area contributed by atoms with Crippen molar-refractivity contribution in [2.45, 2.75) is 13.0 Å². The van der Waals surface area contributed by atoms with E-state index in [1.54, 1.807) is 17.0 Å². The van der Waals surface area contributed by atoms with Crippen molar-refractivity contribution in [2.75, 3.05) is 19.7 Å². The third-order valence-electron chi connectivity index (χ3n) is 3.91. The van der Waals surface area contributed by atoms with Crippen molar-refractivity contribution in [1.82, 2.24) is 4.90 Å². The fourth-order valence-corrected chi connectivity index (χ4v) is 3.78. The number of rotatable bonds is 3. The molecule has 0 spiro atoms. The van der Waals surface area contributed by atoms with E-state index in [0.29, 0.717) is 11.4 Å². The first-order valence-corrected chi connectivity index (χ1v) is 8.34. The summed E-state index contributed by atoms with van der Waals surface area (Å²) in [5.74, 6) is -1.01. The molecule has 1 fully saturated rings. The van der Waals surface area contributed by atoms with Crippen molar-refractivity contribution < 1.29 is 18.7 Å². The van der Waals surface area contributed by atoms with E-state index in [-0.39, 0.29) is 24.9 Å². The maximum Gasteiger partial charge on any atom is 0.264 e. The van der Waals surface area contributed by atoms with Crippen LogP contribution < -0.4 is 5.73 Å². The molecule has 1 aliphatic rings. The molecule has 2 aromatic rings. The zero-order chi connectivity index (χ0) is 17.3. The summed E-state index contributed by atoms with van der Waals surface area (Å²) < 4.78 is 18.3. The lowest BCUT2D eigenvalue weighted by molar-refractivity contribution is -0.133. The average Bonchev–Trinajstić information content (AvgIpc) is 2.97. The SMILES string of the molecule is Cc1cc(C(=O)N2CCOC(C(N)=O)C2)sc1-c1ccc(F)cc1. The molecule has 1 aromatic heterocycles. The Bertz CT molecular complexity index is 773. The number of halogens is 1. The third kappa shape index (κ3) is 3.32. The zero-order valence-corrected chi connectivity index (χ0v) is 13.9. The number of carbonyl (C=O) groups excluding carboxylic acids is 2. The third-order valence-corrected chi connectivity index (χ3v) is 5.18. The second kappa shape index (κ2) is 6.70. The van der Waals surface area contributed by atoms with Crippen LogP contribution >= 0.6 is 11.3 Å². The van der Waals surface area contributed by atoms with Crippen molar-refractivity contribution in [3.05, 3.63) is 46.6 Å². The van der Waals surface area contributed by atoms with E-state index >= 15 is 0 Å². The monoisotopic (exact) mass is 348 g/mol. The average molecular weight is 348 g/mol. The van der Waals surface area contributed by atoms with Crippen LogP contribution in [0.1, 0.15) is 15.2 Å². The molecule has 1 atom stereocenters. The number of benzene rings is 1. The predicted molar refractivity (Wildman–Crippen MR) is 89.3 cm³/mol. The smallest absolute Gasteiger partial charge is 0.264 e. The molecule has 1 unspecified atom stereocenters. The highest BCUT2D eigenvalue weighted by Crippen LogP contribution is 2.33. The zero-order valence-electron chi connectivity index (χ0n) is 13.1. The number of morpholine rings is 1. The van der Waals surface area contributed by atoms with Gasteiger partial charge in [-0.1, -0.05) is 12.1 Å². The van der Waals surface area contributed by atoms with Gasteiger partial charge in [-0.2, -0.15) is 0 Å². The van der Waals surface area contributed by atoms with Crippen LogP contribution in [0.15, 0.2) is 30.3 Å². The summed E-state index contributed by atoms with van der Waals surface area (Å²) in [6, 6.07) is 8.01. The van der Waals surface area contributed by atoms with Crippen molar-refractivity contribution in [2.24, 2.45) is 5.73 Å². The summed E-state index contributed by atoms with van der Waals surface area (Å²) in [6.45, 7) is 2.79. The highest BCUT2D eigenvalue weighted by atomic mass is 32.1. The highest BCUT2D eigenvalue weighted by molar-refractivity contribution is 7.17. The van der Waals surface area contributed by atoms with Gasteiger partial charge in [0.2, 0.25) is 5.91 Å². The van der Waals surface area contributed by atoms with Crippen LogP contribution in [0.5, 0.6) is 0 Å². The number of aryl methyl sites for hydroxylation is 1. The Labute approximate surface area is 142 Å². The van der Waals surface area contributed by atoms with E-state index in [1.807, 2.05) is 13.0 Å².